The van der Waals surface area contributed by atoms with Crippen LogP contribution in [0.25, 0.3) is 11.1 Å². The normalized spacial score (nSPS) is 10.2. The van der Waals surface area contributed by atoms with Crippen molar-refractivity contribution in [2.75, 3.05) is 14.2 Å². The number of benzene rings is 2. The lowest BCUT2D eigenvalue weighted by Gasteiger charge is -2.11. The number of ether oxygens (including phenoxy) is 2. The summed E-state index contributed by atoms with van der Waals surface area (Å²) in [4.78, 5) is 0. The molecular weight excluding hydrogens is 271 g/mol. The first kappa shape index (κ1) is 13.1. The van der Waals surface area contributed by atoms with Crippen LogP contribution in [0.15, 0.2) is 36.4 Å². The van der Waals surface area contributed by atoms with Crippen LogP contribution in [-0.4, -0.2) is 14.2 Å². The summed E-state index contributed by atoms with van der Waals surface area (Å²) in [5.41, 5.74) is 1.64. The highest BCUT2D eigenvalue weighted by Crippen LogP contribution is 2.38. The zero-order valence-corrected chi connectivity index (χ0v) is 11.5. The van der Waals surface area contributed by atoms with E-state index in [-0.39, 0.29) is 0 Å². The summed E-state index contributed by atoms with van der Waals surface area (Å²) in [6.07, 6.45) is 0. The van der Waals surface area contributed by atoms with E-state index in [1.807, 2.05) is 18.2 Å². The highest BCUT2D eigenvalue weighted by atomic mass is 35.5. The summed E-state index contributed by atoms with van der Waals surface area (Å²) in [6.45, 7) is 0. The fraction of sp³-hybridized carbons (Fsp3) is 0.143. The zero-order chi connectivity index (χ0) is 13.1. The number of halogens is 2. The number of rotatable bonds is 3. The van der Waals surface area contributed by atoms with Gasteiger partial charge in [-0.25, -0.2) is 0 Å². The molecule has 0 N–H and O–H groups in total. The first-order chi connectivity index (χ1) is 8.65. The Morgan fingerprint density at radius 3 is 1.78 bits per heavy atom. The fourth-order valence-corrected chi connectivity index (χ4v) is 2.34. The maximum Gasteiger partial charge on any atom is 0.123 e. The minimum atomic E-state index is 0.595. The molecule has 0 bridgehead atoms. The van der Waals surface area contributed by atoms with Crippen molar-refractivity contribution in [3.05, 3.63) is 46.4 Å². The van der Waals surface area contributed by atoms with Crippen molar-refractivity contribution in [2.24, 2.45) is 0 Å². The first-order valence-corrected chi connectivity index (χ1v) is 6.08. The molecule has 18 heavy (non-hydrogen) atoms. The molecule has 0 spiro atoms. The zero-order valence-electron chi connectivity index (χ0n) is 10.0. The van der Waals surface area contributed by atoms with Crippen LogP contribution in [-0.2, 0) is 0 Å². The summed E-state index contributed by atoms with van der Waals surface area (Å²) in [6, 6.07) is 11.0. The van der Waals surface area contributed by atoms with Crippen LogP contribution in [0.1, 0.15) is 0 Å². The summed E-state index contributed by atoms with van der Waals surface area (Å²) in [5.74, 6) is 1.39. The van der Waals surface area contributed by atoms with Crippen LogP contribution in [0.4, 0.5) is 0 Å². The molecule has 0 unspecified atom stereocenters. The molecule has 0 saturated heterocycles. The molecule has 0 aromatic heterocycles. The van der Waals surface area contributed by atoms with Gasteiger partial charge in [-0.1, -0.05) is 29.3 Å². The maximum atomic E-state index is 6.19. The van der Waals surface area contributed by atoms with E-state index in [4.69, 9.17) is 32.7 Å². The van der Waals surface area contributed by atoms with E-state index in [2.05, 4.69) is 0 Å². The predicted molar refractivity (Wildman–Crippen MR) is 75.0 cm³/mol. The van der Waals surface area contributed by atoms with Crippen molar-refractivity contribution < 1.29 is 9.47 Å². The molecule has 0 atom stereocenters. The monoisotopic (exact) mass is 282 g/mol. The minimum absolute atomic E-state index is 0.595. The van der Waals surface area contributed by atoms with E-state index in [1.54, 1.807) is 32.4 Å². The predicted octanol–water partition coefficient (Wildman–Crippen LogP) is 4.68. The Kier molecular flexibility index (Phi) is 4.00. The molecule has 2 aromatic rings. The standard InChI is InChI=1S/C14H12Cl2O2/c1-17-10-6-9(7-11(8-10)18-2)14-12(15)4-3-5-13(14)16/h3-8H,1-2H3. The Labute approximate surface area is 116 Å². The van der Waals surface area contributed by atoms with Gasteiger partial charge in [-0.05, 0) is 29.8 Å². The van der Waals surface area contributed by atoms with Crippen LogP contribution in [0.2, 0.25) is 10.0 Å². The molecule has 2 rings (SSSR count). The van der Waals surface area contributed by atoms with E-state index < -0.39 is 0 Å². The topological polar surface area (TPSA) is 18.5 Å². The third-order valence-electron chi connectivity index (χ3n) is 2.60. The van der Waals surface area contributed by atoms with Crippen molar-refractivity contribution in [2.45, 2.75) is 0 Å². The van der Waals surface area contributed by atoms with Gasteiger partial charge in [-0.15, -0.1) is 0 Å². The third-order valence-corrected chi connectivity index (χ3v) is 3.23. The fourth-order valence-electron chi connectivity index (χ4n) is 1.73. The van der Waals surface area contributed by atoms with E-state index in [9.17, 15) is 0 Å². The molecule has 4 heteroatoms. The number of hydrogen-bond donors (Lipinski definition) is 0. The second-order valence-electron chi connectivity index (χ2n) is 3.70. The quantitative estimate of drug-likeness (QED) is 0.814. The van der Waals surface area contributed by atoms with Crippen molar-refractivity contribution in [3.8, 4) is 22.6 Å². The summed E-state index contributed by atoms with van der Waals surface area (Å²) >= 11 is 12.4. The van der Waals surface area contributed by atoms with Gasteiger partial charge >= 0.3 is 0 Å². The summed E-state index contributed by atoms with van der Waals surface area (Å²) in [5, 5.41) is 1.19. The molecule has 2 nitrogen and oxygen atoms in total. The van der Waals surface area contributed by atoms with Crippen LogP contribution >= 0.6 is 23.2 Å². The van der Waals surface area contributed by atoms with Gasteiger partial charge in [-0.2, -0.15) is 0 Å². The van der Waals surface area contributed by atoms with E-state index >= 15 is 0 Å². The third kappa shape index (κ3) is 2.55. The maximum absolute atomic E-state index is 6.19. The van der Waals surface area contributed by atoms with Gasteiger partial charge in [0.25, 0.3) is 0 Å². The smallest absolute Gasteiger partial charge is 0.123 e. The minimum Gasteiger partial charge on any atom is -0.497 e. The number of hydrogen-bond acceptors (Lipinski definition) is 2. The molecule has 0 saturated carbocycles. The lowest BCUT2D eigenvalue weighted by Crippen LogP contribution is -1.89. The van der Waals surface area contributed by atoms with Crippen LogP contribution in [0, 0.1) is 0 Å². The van der Waals surface area contributed by atoms with Gasteiger partial charge in [0, 0.05) is 21.7 Å². The van der Waals surface area contributed by atoms with Crippen molar-refractivity contribution in [1.29, 1.82) is 0 Å². The van der Waals surface area contributed by atoms with Gasteiger partial charge < -0.3 is 9.47 Å². The molecule has 0 aliphatic carbocycles. The Morgan fingerprint density at radius 2 is 1.33 bits per heavy atom. The van der Waals surface area contributed by atoms with E-state index in [0.29, 0.717) is 21.5 Å². The molecule has 0 amide bonds. The van der Waals surface area contributed by atoms with Gasteiger partial charge in [0.05, 0.1) is 14.2 Å². The molecule has 0 fully saturated rings. The molecular formula is C14H12Cl2O2. The SMILES string of the molecule is COc1cc(OC)cc(-c2c(Cl)cccc2Cl)c1. The number of methoxy groups -OCH3 is 2. The Bertz CT molecular complexity index is 525. The van der Waals surface area contributed by atoms with E-state index in [0.717, 1.165) is 11.1 Å². The first-order valence-electron chi connectivity index (χ1n) is 5.33. The van der Waals surface area contributed by atoms with Gasteiger partial charge in [0.1, 0.15) is 11.5 Å². The van der Waals surface area contributed by atoms with Crippen LogP contribution in [0.5, 0.6) is 11.5 Å². The lowest BCUT2D eigenvalue weighted by molar-refractivity contribution is 0.394. The van der Waals surface area contributed by atoms with Crippen LogP contribution in [0.3, 0.4) is 0 Å². The molecule has 2 aromatic carbocycles. The lowest BCUT2D eigenvalue weighted by atomic mass is 10.0. The highest BCUT2D eigenvalue weighted by molar-refractivity contribution is 6.39. The largest absolute Gasteiger partial charge is 0.497 e. The molecule has 94 valence electrons. The Balaban J connectivity index is 2.63. The summed E-state index contributed by atoms with van der Waals surface area (Å²) in [7, 11) is 3.21. The molecule has 0 aliphatic rings. The highest BCUT2D eigenvalue weighted by Gasteiger charge is 2.11. The van der Waals surface area contributed by atoms with Crippen molar-refractivity contribution in [3.63, 3.8) is 0 Å². The second kappa shape index (κ2) is 5.51. The Hall–Kier alpha value is -1.38. The second-order valence-corrected chi connectivity index (χ2v) is 4.51. The average molecular weight is 283 g/mol. The van der Waals surface area contributed by atoms with Crippen molar-refractivity contribution >= 4 is 23.2 Å². The summed E-state index contributed by atoms with van der Waals surface area (Å²) < 4.78 is 10.5. The van der Waals surface area contributed by atoms with Gasteiger partial charge in [-0.3, -0.25) is 0 Å². The van der Waals surface area contributed by atoms with Gasteiger partial charge in [0.2, 0.25) is 0 Å². The van der Waals surface area contributed by atoms with Gasteiger partial charge in [0.15, 0.2) is 0 Å². The molecule has 0 heterocycles. The average Bonchev–Trinajstić information content (AvgIpc) is 2.38. The van der Waals surface area contributed by atoms with Crippen LogP contribution < -0.4 is 9.47 Å². The Morgan fingerprint density at radius 1 is 0.833 bits per heavy atom. The van der Waals surface area contributed by atoms with Crippen molar-refractivity contribution in [1.82, 2.24) is 0 Å². The molecule has 0 radical (unpaired) electrons. The van der Waals surface area contributed by atoms with E-state index in [1.165, 1.54) is 0 Å². The molecule has 0 aliphatic heterocycles.